The Morgan fingerprint density at radius 2 is 1.73 bits per heavy atom. The van der Waals surface area contributed by atoms with Crippen molar-refractivity contribution in [2.24, 2.45) is 0 Å². The monoisotopic (exact) mass is 450 g/mol. The van der Waals surface area contributed by atoms with Gasteiger partial charge in [0.25, 0.3) is 11.8 Å². The minimum absolute atomic E-state index is 0.0240. The molecule has 4 rings (SSSR count). The summed E-state index contributed by atoms with van der Waals surface area (Å²) in [6.45, 7) is 4.62. The summed E-state index contributed by atoms with van der Waals surface area (Å²) in [5.41, 5.74) is 1.96. The van der Waals surface area contributed by atoms with Gasteiger partial charge in [0, 0.05) is 37.8 Å². The average Bonchev–Trinajstić information content (AvgIpc) is 3.06. The Balaban J connectivity index is 1.37. The van der Waals surface area contributed by atoms with Crippen LogP contribution in [0.4, 0.5) is 20.3 Å². The third-order valence-electron chi connectivity index (χ3n) is 5.59. The number of pyridine rings is 1. The number of anilines is 2. The predicted molar refractivity (Wildman–Crippen MR) is 122 cm³/mol. The number of benzene rings is 2. The summed E-state index contributed by atoms with van der Waals surface area (Å²) in [6.07, 6.45) is 2.30. The van der Waals surface area contributed by atoms with Crippen LogP contribution in [0.15, 0.2) is 60.8 Å². The van der Waals surface area contributed by atoms with Gasteiger partial charge >= 0.3 is 0 Å². The standard InChI is InChI=1S/C25H24F2N4O2/c1-17-3-5-18(6-4-17)25(33)31-12-2-11-30(13-14-31)23-10-8-20(16-28-23)29-24(32)21-9-7-19(26)15-22(21)27/h3-10,15-16H,2,11-14H2,1H3,(H,29,32). The zero-order chi connectivity index (χ0) is 23.4. The second-order valence-corrected chi connectivity index (χ2v) is 7.98. The van der Waals surface area contributed by atoms with Crippen LogP contribution in [0.5, 0.6) is 0 Å². The Labute approximate surface area is 190 Å². The third kappa shape index (κ3) is 5.34. The van der Waals surface area contributed by atoms with Crippen LogP contribution < -0.4 is 10.2 Å². The molecule has 1 saturated heterocycles. The van der Waals surface area contributed by atoms with Gasteiger partial charge in [-0.25, -0.2) is 13.8 Å². The molecular formula is C25H24F2N4O2. The molecule has 3 aromatic rings. The van der Waals surface area contributed by atoms with Crippen molar-refractivity contribution in [3.05, 3.63) is 89.1 Å². The van der Waals surface area contributed by atoms with E-state index in [4.69, 9.17) is 0 Å². The Hall–Kier alpha value is -3.81. The minimum atomic E-state index is -0.925. The van der Waals surface area contributed by atoms with E-state index < -0.39 is 17.5 Å². The minimum Gasteiger partial charge on any atom is -0.355 e. The van der Waals surface area contributed by atoms with Crippen molar-refractivity contribution in [3.63, 3.8) is 0 Å². The molecule has 1 aliphatic rings. The molecule has 0 aliphatic carbocycles. The van der Waals surface area contributed by atoms with Crippen molar-refractivity contribution in [2.75, 3.05) is 36.4 Å². The highest BCUT2D eigenvalue weighted by molar-refractivity contribution is 6.04. The van der Waals surface area contributed by atoms with E-state index in [1.165, 1.54) is 6.20 Å². The number of amides is 2. The zero-order valence-electron chi connectivity index (χ0n) is 18.2. The number of rotatable bonds is 4. The van der Waals surface area contributed by atoms with E-state index in [0.717, 1.165) is 36.5 Å². The maximum Gasteiger partial charge on any atom is 0.258 e. The number of aryl methyl sites for hydroxylation is 1. The Morgan fingerprint density at radius 3 is 2.42 bits per heavy atom. The fourth-order valence-corrected chi connectivity index (χ4v) is 3.75. The van der Waals surface area contributed by atoms with Gasteiger partial charge in [-0.05, 0) is 49.7 Å². The fourth-order valence-electron chi connectivity index (χ4n) is 3.75. The second kappa shape index (κ2) is 9.77. The number of nitrogens with zero attached hydrogens (tertiary/aromatic N) is 3. The molecule has 0 radical (unpaired) electrons. The molecule has 0 unspecified atom stereocenters. The summed E-state index contributed by atoms with van der Waals surface area (Å²) in [7, 11) is 0. The van der Waals surface area contributed by atoms with Crippen LogP contribution in [0.3, 0.4) is 0 Å². The number of halogens is 2. The molecule has 0 atom stereocenters. The lowest BCUT2D eigenvalue weighted by molar-refractivity contribution is 0.0766. The molecule has 6 nitrogen and oxygen atoms in total. The van der Waals surface area contributed by atoms with Crippen LogP contribution in [-0.2, 0) is 0 Å². The van der Waals surface area contributed by atoms with E-state index in [0.29, 0.717) is 37.0 Å². The smallest absolute Gasteiger partial charge is 0.258 e. The lowest BCUT2D eigenvalue weighted by atomic mass is 10.1. The first-order chi connectivity index (χ1) is 15.9. The summed E-state index contributed by atoms with van der Waals surface area (Å²) < 4.78 is 26.9. The Kier molecular flexibility index (Phi) is 6.63. The van der Waals surface area contributed by atoms with Crippen molar-refractivity contribution in [1.29, 1.82) is 0 Å². The largest absolute Gasteiger partial charge is 0.355 e. The molecular weight excluding hydrogens is 426 g/mol. The number of hydrogen-bond acceptors (Lipinski definition) is 4. The fraction of sp³-hybridized carbons (Fsp3) is 0.240. The van der Waals surface area contributed by atoms with Crippen LogP contribution in [0.2, 0.25) is 0 Å². The van der Waals surface area contributed by atoms with Gasteiger partial charge in [0.15, 0.2) is 0 Å². The van der Waals surface area contributed by atoms with Crippen LogP contribution in [0.25, 0.3) is 0 Å². The molecule has 1 aromatic heterocycles. The van der Waals surface area contributed by atoms with Gasteiger partial charge < -0.3 is 15.1 Å². The summed E-state index contributed by atoms with van der Waals surface area (Å²) in [5.74, 6) is -1.60. The van der Waals surface area contributed by atoms with E-state index in [1.54, 1.807) is 12.1 Å². The predicted octanol–water partition coefficient (Wildman–Crippen LogP) is 4.27. The molecule has 1 N–H and O–H groups in total. The maximum atomic E-state index is 13.8. The lowest BCUT2D eigenvalue weighted by Crippen LogP contribution is -2.35. The molecule has 170 valence electrons. The Bertz CT molecular complexity index is 1150. The van der Waals surface area contributed by atoms with E-state index >= 15 is 0 Å². The lowest BCUT2D eigenvalue weighted by Gasteiger charge is -2.23. The molecule has 1 fully saturated rings. The van der Waals surface area contributed by atoms with E-state index in [9.17, 15) is 18.4 Å². The molecule has 2 amide bonds. The summed E-state index contributed by atoms with van der Waals surface area (Å²) in [5, 5.41) is 2.57. The highest BCUT2D eigenvalue weighted by atomic mass is 19.1. The molecule has 0 spiro atoms. The third-order valence-corrected chi connectivity index (χ3v) is 5.59. The topological polar surface area (TPSA) is 65.5 Å². The molecule has 0 saturated carbocycles. The Morgan fingerprint density at radius 1 is 0.939 bits per heavy atom. The van der Waals surface area contributed by atoms with Crippen molar-refractivity contribution < 1.29 is 18.4 Å². The second-order valence-electron chi connectivity index (χ2n) is 7.98. The summed E-state index contributed by atoms with van der Waals surface area (Å²) in [4.78, 5) is 33.5. The van der Waals surface area contributed by atoms with Crippen LogP contribution in [0.1, 0.15) is 32.7 Å². The molecule has 8 heteroatoms. The first-order valence-electron chi connectivity index (χ1n) is 10.7. The number of aromatic nitrogens is 1. The van der Waals surface area contributed by atoms with Gasteiger partial charge in [-0.2, -0.15) is 0 Å². The van der Waals surface area contributed by atoms with Gasteiger partial charge in [-0.15, -0.1) is 0 Å². The highest BCUT2D eigenvalue weighted by Gasteiger charge is 2.21. The summed E-state index contributed by atoms with van der Waals surface area (Å²) in [6, 6.07) is 13.8. The number of carbonyl (C=O) groups excluding carboxylic acids is 2. The zero-order valence-corrected chi connectivity index (χ0v) is 18.2. The number of nitrogens with one attached hydrogen (secondary N) is 1. The SMILES string of the molecule is Cc1ccc(C(=O)N2CCCN(c3ccc(NC(=O)c4ccc(F)cc4F)cn3)CC2)cc1. The van der Waals surface area contributed by atoms with Gasteiger partial charge in [-0.3, -0.25) is 9.59 Å². The molecule has 1 aliphatic heterocycles. The molecule has 2 heterocycles. The first kappa shape index (κ1) is 22.4. The average molecular weight is 450 g/mol. The van der Waals surface area contributed by atoms with Crippen molar-refractivity contribution >= 4 is 23.3 Å². The van der Waals surface area contributed by atoms with Gasteiger partial charge in [0.2, 0.25) is 0 Å². The first-order valence-corrected chi connectivity index (χ1v) is 10.7. The summed E-state index contributed by atoms with van der Waals surface area (Å²) >= 11 is 0. The van der Waals surface area contributed by atoms with Gasteiger partial charge in [0.1, 0.15) is 17.5 Å². The normalized spacial score (nSPS) is 14.0. The van der Waals surface area contributed by atoms with Crippen molar-refractivity contribution in [2.45, 2.75) is 13.3 Å². The van der Waals surface area contributed by atoms with E-state index in [-0.39, 0.29) is 11.5 Å². The number of hydrogen-bond donors (Lipinski definition) is 1. The van der Waals surface area contributed by atoms with Crippen molar-refractivity contribution in [1.82, 2.24) is 9.88 Å². The van der Waals surface area contributed by atoms with Crippen LogP contribution in [-0.4, -0.2) is 47.9 Å². The highest BCUT2D eigenvalue weighted by Crippen LogP contribution is 2.19. The quantitative estimate of drug-likeness (QED) is 0.645. The van der Waals surface area contributed by atoms with Crippen molar-refractivity contribution in [3.8, 4) is 0 Å². The van der Waals surface area contributed by atoms with Gasteiger partial charge in [-0.1, -0.05) is 17.7 Å². The van der Waals surface area contributed by atoms with Gasteiger partial charge in [0.05, 0.1) is 17.4 Å². The van der Waals surface area contributed by atoms with Crippen LogP contribution in [0, 0.1) is 18.6 Å². The van der Waals surface area contributed by atoms with E-state index in [2.05, 4.69) is 15.2 Å². The maximum absolute atomic E-state index is 13.8. The van der Waals surface area contributed by atoms with E-state index in [1.807, 2.05) is 36.1 Å². The molecule has 33 heavy (non-hydrogen) atoms. The molecule has 2 aromatic carbocycles. The number of carbonyl (C=O) groups is 2. The van der Waals surface area contributed by atoms with Crippen LogP contribution >= 0.6 is 0 Å². The molecule has 0 bridgehead atoms.